The molecule has 1 aliphatic rings. The number of nitrogens with zero attached hydrogens (tertiary/aromatic N) is 3. The smallest absolute Gasteiger partial charge is 0.260 e. The molecule has 1 aromatic heterocycles. The summed E-state index contributed by atoms with van der Waals surface area (Å²) in [6, 6.07) is 6.48. The molecule has 0 bridgehead atoms. The second-order valence-corrected chi connectivity index (χ2v) is 6.73. The summed E-state index contributed by atoms with van der Waals surface area (Å²) in [5, 5.41) is 9.67. The van der Waals surface area contributed by atoms with Crippen LogP contribution in [0, 0.1) is 6.92 Å². The number of benzene rings is 1. The topological polar surface area (TPSA) is 100 Å². The average molecular weight is 371 g/mol. The molecule has 1 aliphatic heterocycles. The third-order valence-electron chi connectivity index (χ3n) is 4.52. The number of carbonyl (C=O) groups is 2. The van der Waals surface area contributed by atoms with Gasteiger partial charge in [0.05, 0.1) is 6.04 Å². The fraction of sp³-hybridized carbons (Fsp3) is 0.474. The minimum absolute atomic E-state index is 0.0156. The maximum atomic E-state index is 12.5. The first-order valence-electron chi connectivity index (χ1n) is 9.23. The average Bonchev–Trinajstić information content (AvgIpc) is 3.13. The number of amides is 2. The standard InChI is InChI=1S/C19H25N5O3/c1-13(18-21-14(2)22-23-18)20-19(26)15-7-6-8-16(11-15)27-12-17(25)24-9-4-3-5-10-24/h6-8,11,13H,3-5,9-10,12H2,1-2H3,(H,20,26)(H,21,22,23). The van der Waals surface area contributed by atoms with Crippen LogP contribution in [0.1, 0.15) is 54.2 Å². The molecule has 2 N–H and O–H groups in total. The highest BCUT2D eigenvalue weighted by molar-refractivity contribution is 5.94. The molecule has 1 atom stereocenters. The van der Waals surface area contributed by atoms with E-state index >= 15 is 0 Å². The van der Waals surface area contributed by atoms with Crippen molar-refractivity contribution in [3.05, 3.63) is 41.5 Å². The molecule has 0 spiro atoms. The largest absolute Gasteiger partial charge is 0.484 e. The van der Waals surface area contributed by atoms with E-state index in [2.05, 4.69) is 20.5 Å². The third kappa shape index (κ3) is 5.06. The molecule has 0 radical (unpaired) electrons. The van der Waals surface area contributed by atoms with Gasteiger partial charge in [-0.1, -0.05) is 6.07 Å². The molecule has 1 saturated heterocycles. The van der Waals surface area contributed by atoms with Gasteiger partial charge in [-0.05, 0) is 51.3 Å². The molecule has 3 rings (SSSR count). The van der Waals surface area contributed by atoms with Crippen LogP contribution in [0.5, 0.6) is 5.75 Å². The molecular formula is C19H25N5O3. The molecule has 2 heterocycles. The summed E-state index contributed by atoms with van der Waals surface area (Å²) in [5.41, 5.74) is 0.456. The Morgan fingerprint density at radius 1 is 1.30 bits per heavy atom. The van der Waals surface area contributed by atoms with E-state index in [-0.39, 0.29) is 24.5 Å². The van der Waals surface area contributed by atoms with Crippen molar-refractivity contribution < 1.29 is 14.3 Å². The van der Waals surface area contributed by atoms with E-state index in [4.69, 9.17) is 4.74 Å². The Labute approximate surface area is 158 Å². The molecule has 8 nitrogen and oxygen atoms in total. The van der Waals surface area contributed by atoms with Crippen LogP contribution in [0.2, 0.25) is 0 Å². The van der Waals surface area contributed by atoms with Crippen LogP contribution in [0.15, 0.2) is 24.3 Å². The summed E-state index contributed by atoms with van der Waals surface area (Å²) >= 11 is 0. The lowest BCUT2D eigenvalue weighted by Gasteiger charge is -2.26. The Bertz CT molecular complexity index is 798. The van der Waals surface area contributed by atoms with E-state index in [1.54, 1.807) is 31.2 Å². The Morgan fingerprint density at radius 3 is 2.78 bits per heavy atom. The van der Waals surface area contributed by atoms with Gasteiger partial charge < -0.3 is 15.0 Å². The molecule has 144 valence electrons. The molecule has 27 heavy (non-hydrogen) atoms. The Balaban J connectivity index is 1.56. The Kier molecular flexibility index (Phi) is 6.05. The normalized spacial score (nSPS) is 15.3. The number of ether oxygens (including phenoxy) is 1. The summed E-state index contributed by atoms with van der Waals surface area (Å²) in [4.78, 5) is 30.7. The first-order chi connectivity index (χ1) is 13.0. The van der Waals surface area contributed by atoms with Crippen LogP contribution in [-0.4, -0.2) is 51.6 Å². The molecule has 2 aromatic rings. The monoisotopic (exact) mass is 371 g/mol. The quantitative estimate of drug-likeness (QED) is 0.809. The Morgan fingerprint density at radius 2 is 2.07 bits per heavy atom. The number of hydrogen-bond acceptors (Lipinski definition) is 5. The number of likely N-dealkylation sites (tertiary alicyclic amines) is 1. The van der Waals surface area contributed by atoms with Crippen molar-refractivity contribution in [2.75, 3.05) is 19.7 Å². The summed E-state index contributed by atoms with van der Waals surface area (Å²) in [6.07, 6.45) is 3.27. The highest BCUT2D eigenvalue weighted by Crippen LogP contribution is 2.16. The van der Waals surface area contributed by atoms with Crippen LogP contribution in [0.3, 0.4) is 0 Å². The second-order valence-electron chi connectivity index (χ2n) is 6.73. The maximum absolute atomic E-state index is 12.5. The third-order valence-corrected chi connectivity index (χ3v) is 4.52. The van der Waals surface area contributed by atoms with E-state index in [0.29, 0.717) is 23.0 Å². The lowest BCUT2D eigenvalue weighted by atomic mass is 10.1. The fourth-order valence-electron chi connectivity index (χ4n) is 3.00. The number of carbonyl (C=O) groups excluding carboxylic acids is 2. The molecule has 0 aliphatic carbocycles. The SMILES string of the molecule is Cc1nc(C(C)NC(=O)c2cccc(OCC(=O)N3CCCCC3)c2)n[nH]1. The first-order valence-corrected chi connectivity index (χ1v) is 9.23. The zero-order valence-corrected chi connectivity index (χ0v) is 15.7. The van der Waals surface area contributed by atoms with E-state index < -0.39 is 0 Å². The van der Waals surface area contributed by atoms with Crippen LogP contribution < -0.4 is 10.1 Å². The van der Waals surface area contributed by atoms with Gasteiger partial charge in [-0.3, -0.25) is 14.7 Å². The number of aromatic amines is 1. The molecular weight excluding hydrogens is 346 g/mol. The highest BCUT2D eigenvalue weighted by Gasteiger charge is 2.18. The molecule has 1 aromatic carbocycles. The molecule has 8 heteroatoms. The zero-order valence-electron chi connectivity index (χ0n) is 15.7. The van der Waals surface area contributed by atoms with E-state index in [1.807, 2.05) is 11.8 Å². The number of hydrogen-bond donors (Lipinski definition) is 2. The number of aromatic nitrogens is 3. The number of piperidine rings is 1. The van der Waals surface area contributed by atoms with Crippen LogP contribution in [-0.2, 0) is 4.79 Å². The van der Waals surface area contributed by atoms with E-state index in [0.717, 1.165) is 25.9 Å². The van der Waals surface area contributed by atoms with Crippen molar-refractivity contribution >= 4 is 11.8 Å². The molecule has 1 unspecified atom stereocenters. The van der Waals surface area contributed by atoms with Crippen molar-refractivity contribution in [3.8, 4) is 5.75 Å². The summed E-state index contributed by atoms with van der Waals surface area (Å²) in [5.74, 6) is 1.45. The second kappa shape index (κ2) is 8.66. The van der Waals surface area contributed by atoms with Gasteiger partial charge in [0.25, 0.3) is 11.8 Å². The van der Waals surface area contributed by atoms with Crippen LogP contribution >= 0.6 is 0 Å². The van der Waals surface area contributed by atoms with Crippen molar-refractivity contribution in [1.82, 2.24) is 25.4 Å². The van der Waals surface area contributed by atoms with Gasteiger partial charge in [0.15, 0.2) is 12.4 Å². The number of nitrogens with one attached hydrogen (secondary N) is 2. The predicted molar refractivity (Wildman–Crippen MR) is 99.4 cm³/mol. The summed E-state index contributed by atoms with van der Waals surface area (Å²) < 4.78 is 5.60. The lowest BCUT2D eigenvalue weighted by molar-refractivity contribution is -0.134. The van der Waals surface area contributed by atoms with Crippen LogP contribution in [0.4, 0.5) is 0 Å². The number of H-pyrrole nitrogens is 1. The van der Waals surface area contributed by atoms with Crippen molar-refractivity contribution in [3.63, 3.8) is 0 Å². The van der Waals surface area contributed by atoms with Crippen LogP contribution in [0.25, 0.3) is 0 Å². The van der Waals surface area contributed by atoms with Gasteiger partial charge in [0.1, 0.15) is 11.6 Å². The van der Waals surface area contributed by atoms with Gasteiger partial charge in [-0.2, -0.15) is 5.10 Å². The van der Waals surface area contributed by atoms with E-state index in [1.165, 1.54) is 6.42 Å². The maximum Gasteiger partial charge on any atom is 0.260 e. The van der Waals surface area contributed by atoms with Crippen molar-refractivity contribution in [2.24, 2.45) is 0 Å². The lowest BCUT2D eigenvalue weighted by Crippen LogP contribution is -2.38. The highest BCUT2D eigenvalue weighted by atomic mass is 16.5. The van der Waals surface area contributed by atoms with Gasteiger partial charge in [-0.25, -0.2) is 4.98 Å². The fourth-order valence-corrected chi connectivity index (χ4v) is 3.00. The van der Waals surface area contributed by atoms with Gasteiger partial charge in [0, 0.05) is 18.7 Å². The van der Waals surface area contributed by atoms with Gasteiger partial charge in [-0.15, -0.1) is 0 Å². The minimum Gasteiger partial charge on any atom is -0.484 e. The molecule has 0 saturated carbocycles. The summed E-state index contributed by atoms with van der Waals surface area (Å²) in [7, 11) is 0. The summed E-state index contributed by atoms with van der Waals surface area (Å²) in [6.45, 7) is 5.19. The van der Waals surface area contributed by atoms with Crippen molar-refractivity contribution in [1.29, 1.82) is 0 Å². The number of rotatable bonds is 6. The van der Waals surface area contributed by atoms with Crippen molar-refractivity contribution in [2.45, 2.75) is 39.2 Å². The molecule has 2 amide bonds. The van der Waals surface area contributed by atoms with Gasteiger partial charge in [0.2, 0.25) is 0 Å². The first kappa shape index (κ1) is 18.9. The molecule has 1 fully saturated rings. The predicted octanol–water partition coefficient (Wildman–Crippen LogP) is 2.00. The van der Waals surface area contributed by atoms with Gasteiger partial charge >= 0.3 is 0 Å². The minimum atomic E-state index is -0.326. The van der Waals surface area contributed by atoms with E-state index in [9.17, 15) is 9.59 Å². The zero-order chi connectivity index (χ0) is 19.2. The number of aryl methyl sites for hydroxylation is 1. The Hall–Kier alpha value is -2.90.